The van der Waals surface area contributed by atoms with Crippen LogP contribution in [0.3, 0.4) is 0 Å². The van der Waals surface area contributed by atoms with Gasteiger partial charge in [0, 0.05) is 10.8 Å². The second kappa shape index (κ2) is 26.1. The smallest absolute Gasteiger partial charge is 0.0509 e. The van der Waals surface area contributed by atoms with Crippen LogP contribution in [0.15, 0.2) is 0 Å². The minimum absolute atomic E-state index is 0.0185. The van der Waals surface area contributed by atoms with Crippen LogP contribution in [0.5, 0.6) is 0 Å². The highest BCUT2D eigenvalue weighted by atomic mass is 16.3. The van der Waals surface area contributed by atoms with E-state index in [0.717, 1.165) is 44.9 Å². The molecule has 224 valence electrons. The molecule has 0 aromatic carbocycles. The average molecular weight is 529 g/mol. The molecule has 0 aromatic heterocycles. The van der Waals surface area contributed by atoms with Crippen LogP contribution in [0, 0.1) is 10.8 Å². The van der Waals surface area contributed by atoms with Crippen molar-refractivity contribution in [3.63, 3.8) is 0 Å². The van der Waals surface area contributed by atoms with Crippen LogP contribution in [0.2, 0.25) is 0 Å². The number of unbranched alkanes of at least 4 members (excludes halogenated alkanes) is 18. The SMILES string of the molecule is CCCCCCCCCCCCC(CO)(CO)CCCC(CO)(CO)CCCCCCCCCCCC. The average Bonchev–Trinajstić information content (AvgIpc) is 2.93. The minimum atomic E-state index is -0.423. The largest absolute Gasteiger partial charge is 0.396 e. The first-order valence-corrected chi connectivity index (χ1v) is 16.5. The Morgan fingerprint density at radius 3 is 0.757 bits per heavy atom. The van der Waals surface area contributed by atoms with Crippen LogP contribution in [0.25, 0.3) is 0 Å². The van der Waals surface area contributed by atoms with Crippen LogP contribution < -0.4 is 0 Å². The van der Waals surface area contributed by atoms with E-state index in [4.69, 9.17) is 0 Å². The van der Waals surface area contributed by atoms with E-state index in [1.165, 1.54) is 116 Å². The molecule has 4 heteroatoms. The Bertz CT molecular complexity index is 406. The van der Waals surface area contributed by atoms with Crippen molar-refractivity contribution in [2.24, 2.45) is 10.8 Å². The van der Waals surface area contributed by atoms with Gasteiger partial charge in [-0.25, -0.2) is 0 Å². The summed E-state index contributed by atoms with van der Waals surface area (Å²) in [6, 6.07) is 0. The second-order valence-corrected chi connectivity index (χ2v) is 12.3. The standard InChI is InChI=1S/C33H68O4/c1-3-5-7-9-11-13-15-17-19-21-24-32(28-34,29-35)26-23-27-33(30-36,31-37)25-22-20-18-16-14-12-10-8-6-4-2/h34-37H,3-31H2,1-2H3. The second-order valence-electron chi connectivity index (χ2n) is 12.3. The summed E-state index contributed by atoms with van der Waals surface area (Å²) in [6.45, 7) is 4.59. The van der Waals surface area contributed by atoms with Crippen molar-refractivity contribution in [2.75, 3.05) is 26.4 Å². The maximum Gasteiger partial charge on any atom is 0.0509 e. The number of aliphatic hydroxyl groups excluding tert-OH is 4. The maximum atomic E-state index is 10.1. The van der Waals surface area contributed by atoms with Gasteiger partial charge >= 0.3 is 0 Å². The Morgan fingerprint density at radius 2 is 0.514 bits per heavy atom. The fraction of sp³-hybridized carbons (Fsp3) is 1.00. The van der Waals surface area contributed by atoms with Gasteiger partial charge in [-0.15, -0.1) is 0 Å². The quantitative estimate of drug-likeness (QED) is 0.0703. The fourth-order valence-electron chi connectivity index (χ4n) is 5.80. The van der Waals surface area contributed by atoms with Gasteiger partial charge in [-0.1, -0.05) is 149 Å². The van der Waals surface area contributed by atoms with Crippen molar-refractivity contribution in [1.82, 2.24) is 0 Å². The van der Waals surface area contributed by atoms with E-state index in [1.807, 2.05) is 0 Å². The molecule has 0 radical (unpaired) electrons. The molecule has 0 spiro atoms. The number of aliphatic hydroxyl groups is 4. The van der Waals surface area contributed by atoms with E-state index >= 15 is 0 Å². The Labute approximate surface area is 232 Å². The zero-order chi connectivity index (χ0) is 27.5. The van der Waals surface area contributed by atoms with Crippen molar-refractivity contribution in [2.45, 2.75) is 174 Å². The Kier molecular flexibility index (Phi) is 26.0. The molecule has 0 fully saturated rings. The predicted octanol–water partition coefficient (Wildman–Crippen LogP) is 8.72. The summed E-state index contributed by atoms with van der Waals surface area (Å²) in [6.07, 6.45) is 29.8. The fourth-order valence-corrected chi connectivity index (χ4v) is 5.80. The molecule has 0 saturated heterocycles. The predicted molar refractivity (Wildman–Crippen MR) is 160 cm³/mol. The van der Waals surface area contributed by atoms with E-state index in [1.54, 1.807) is 0 Å². The van der Waals surface area contributed by atoms with Gasteiger partial charge in [0.2, 0.25) is 0 Å². The van der Waals surface area contributed by atoms with Crippen molar-refractivity contribution in [3.8, 4) is 0 Å². The van der Waals surface area contributed by atoms with E-state index < -0.39 is 10.8 Å². The molecular formula is C33H68O4. The van der Waals surface area contributed by atoms with Gasteiger partial charge < -0.3 is 20.4 Å². The summed E-state index contributed by atoms with van der Waals surface area (Å²) < 4.78 is 0. The summed E-state index contributed by atoms with van der Waals surface area (Å²) in [5.74, 6) is 0. The lowest BCUT2D eigenvalue weighted by Gasteiger charge is -2.34. The van der Waals surface area contributed by atoms with Gasteiger partial charge in [-0.2, -0.15) is 0 Å². The molecular weight excluding hydrogens is 460 g/mol. The van der Waals surface area contributed by atoms with E-state index in [9.17, 15) is 20.4 Å². The van der Waals surface area contributed by atoms with Gasteiger partial charge in [-0.3, -0.25) is 0 Å². The molecule has 4 N–H and O–H groups in total. The van der Waals surface area contributed by atoms with Gasteiger partial charge in [-0.05, 0) is 25.7 Å². The third-order valence-corrected chi connectivity index (χ3v) is 8.88. The molecule has 4 nitrogen and oxygen atoms in total. The number of rotatable bonds is 30. The zero-order valence-electron chi connectivity index (χ0n) is 25.3. The van der Waals surface area contributed by atoms with Crippen LogP contribution in [-0.4, -0.2) is 46.9 Å². The number of hydrogen-bond donors (Lipinski definition) is 4. The lowest BCUT2D eigenvalue weighted by atomic mass is 9.74. The van der Waals surface area contributed by atoms with Crippen molar-refractivity contribution < 1.29 is 20.4 Å². The topological polar surface area (TPSA) is 80.9 Å². The third kappa shape index (κ3) is 19.5. The Hall–Kier alpha value is -0.160. The molecule has 0 aliphatic carbocycles. The van der Waals surface area contributed by atoms with E-state index in [-0.39, 0.29) is 26.4 Å². The molecule has 0 heterocycles. The van der Waals surface area contributed by atoms with Crippen LogP contribution in [-0.2, 0) is 0 Å². The van der Waals surface area contributed by atoms with Crippen LogP contribution in [0.4, 0.5) is 0 Å². The van der Waals surface area contributed by atoms with Gasteiger partial charge in [0.15, 0.2) is 0 Å². The van der Waals surface area contributed by atoms with E-state index in [0.29, 0.717) is 0 Å². The first-order valence-electron chi connectivity index (χ1n) is 16.5. The molecule has 0 saturated carbocycles. The van der Waals surface area contributed by atoms with Crippen LogP contribution in [0.1, 0.15) is 174 Å². The summed E-state index contributed by atoms with van der Waals surface area (Å²) in [4.78, 5) is 0. The van der Waals surface area contributed by atoms with E-state index in [2.05, 4.69) is 13.8 Å². The molecule has 0 atom stereocenters. The summed E-state index contributed by atoms with van der Waals surface area (Å²) >= 11 is 0. The van der Waals surface area contributed by atoms with Gasteiger partial charge in [0.05, 0.1) is 26.4 Å². The Morgan fingerprint density at radius 1 is 0.297 bits per heavy atom. The summed E-state index contributed by atoms with van der Waals surface area (Å²) in [5.41, 5.74) is -0.845. The molecule has 0 aliphatic rings. The maximum absolute atomic E-state index is 10.1. The third-order valence-electron chi connectivity index (χ3n) is 8.88. The summed E-state index contributed by atoms with van der Waals surface area (Å²) in [7, 11) is 0. The minimum Gasteiger partial charge on any atom is -0.396 e. The highest BCUT2D eigenvalue weighted by molar-refractivity contribution is 4.82. The molecule has 37 heavy (non-hydrogen) atoms. The van der Waals surface area contributed by atoms with Gasteiger partial charge in [0.25, 0.3) is 0 Å². The molecule has 0 bridgehead atoms. The molecule has 0 amide bonds. The first-order chi connectivity index (χ1) is 18.1. The number of hydrogen-bond acceptors (Lipinski definition) is 4. The van der Waals surface area contributed by atoms with Crippen molar-refractivity contribution in [3.05, 3.63) is 0 Å². The van der Waals surface area contributed by atoms with Crippen molar-refractivity contribution >= 4 is 0 Å². The monoisotopic (exact) mass is 529 g/mol. The first kappa shape index (κ1) is 36.8. The van der Waals surface area contributed by atoms with Crippen molar-refractivity contribution in [1.29, 1.82) is 0 Å². The molecule has 0 rings (SSSR count). The normalized spacial score (nSPS) is 12.5. The Balaban J connectivity index is 4.17. The highest BCUT2D eigenvalue weighted by Gasteiger charge is 2.32. The highest BCUT2D eigenvalue weighted by Crippen LogP contribution is 2.36. The van der Waals surface area contributed by atoms with Crippen LogP contribution >= 0.6 is 0 Å². The molecule has 0 aromatic rings. The molecule has 0 aliphatic heterocycles. The molecule has 0 unspecified atom stereocenters. The zero-order valence-corrected chi connectivity index (χ0v) is 25.3. The van der Waals surface area contributed by atoms with Gasteiger partial charge in [0.1, 0.15) is 0 Å². The summed E-state index contributed by atoms with van der Waals surface area (Å²) in [5, 5.41) is 40.4. The lowest BCUT2D eigenvalue weighted by Crippen LogP contribution is -2.33. The lowest BCUT2D eigenvalue weighted by molar-refractivity contribution is 0.0133.